The van der Waals surface area contributed by atoms with Crippen LogP contribution >= 0.6 is 0 Å². The molecule has 0 heterocycles. The summed E-state index contributed by atoms with van der Waals surface area (Å²) in [7, 11) is 2.17. The zero-order chi connectivity index (χ0) is 13.0. The van der Waals surface area contributed by atoms with E-state index in [9.17, 15) is 0 Å². The maximum Gasteiger partial charge on any atom is 0.0472 e. The minimum absolute atomic E-state index is 0.343. The second-order valence-corrected chi connectivity index (χ2v) is 5.04. The summed E-state index contributed by atoms with van der Waals surface area (Å²) < 4.78 is 0. The zero-order valence-corrected chi connectivity index (χ0v) is 11.9. The highest BCUT2D eigenvalue weighted by atomic mass is 15.1. The molecule has 0 amide bonds. The van der Waals surface area contributed by atoms with Crippen molar-refractivity contribution in [3.05, 3.63) is 34.4 Å². The molecule has 1 atom stereocenters. The van der Waals surface area contributed by atoms with Gasteiger partial charge < -0.3 is 5.73 Å². The molecule has 0 aliphatic carbocycles. The van der Waals surface area contributed by atoms with Crippen LogP contribution in [0.4, 0.5) is 0 Å². The van der Waals surface area contributed by atoms with Gasteiger partial charge in [0.05, 0.1) is 0 Å². The molecule has 1 aromatic carbocycles. The van der Waals surface area contributed by atoms with Gasteiger partial charge in [0, 0.05) is 12.6 Å². The molecule has 0 bridgehead atoms. The monoisotopic (exact) mass is 234 g/mol. The molecule has 1 unspecified atom stereocenters. The highest BCUT2D eigenvalue weighted by Gasteiger charge is 2.18. The third-order valence-electron chi connectivity index (χ3n) is 3.40. The normalized spacial score (nSPS) is 13.1. The van der Waals surface area contributed by atoms with Gasteiger partial charge in [-0.1, -0.05) is 24.6 Å². The fraction of sp³-hybridized carbons (Fsp3) is 0.600. The summed E-state index contributed by atoms with van der Waals surface area (Å²) in [6.45, 7) is 10.5. The lowest BCUT2D eigenvalue weighted by atomic mass is 9.93. The molecule has 17 heavy (non-hydrogen) atoms. The molecule has 0 aliphatic rings. The Balaban J connectivity index is 3.11. The van der Waals surface area contributed by atoms with Crippen LogP contribution in [0.25, 0.3) is 0 Å². The van der Waals surface area contributed by atoms with Gasteiger partial charge in [0.25, 0.3) is 0 Å². The molecule has 1 aromatic rings. The summed E-state index contributed by atoms with van der Waals surface area (Å²) in [5.74, 6) is 0. The largest absolute Gasteiger partial charge is 0.329 e. The Morgan fingerprint density at radius 1 is 1.18 bits per heavy atom. The predicted molar refractivity (Wildman–Crippen MR) is 75.4 cm³/mol. The third kappa shape index (κ3) is 3.30. The average molecular weight is 234 g/mol. The minimum Gasteiger partial charge on any atom is -0.329 e. The van der Waals surface area contributed by atoms with Crippen molar-refractivity contribution in [1.29, 1.82) is 0 Å². The minimum atomic E-state index is 0.343. The van der Waals surface area contributed by atoms with Gasteiger partial charge >= 0.3 is 0 Å². The van der Waals surface area contributed by atoms with Gasteiger partial charge in [-0.15, -0.1) is 0 Å². The van der Waals surface area contributed by atoms with Gasteiger partial charge in [0.15, 0.2) is 0 Å². The van der Waals surface area contributed by atoms with Crippen LogP contribution in [0, 0.1) is 20.8 Å². The van der Waals surface area contributed by atoms with Crippen LogP contribution in [0.2, 0.25) is 0 Å². The Kier molecular flexibility index (Phi) is 5.16. The first-order valence-corrected chi connectivity index (χ1v) is 6.49. The number of likely N-dealkylation sites (N-methyl/N-ethyl adjacent to an activating group) is 1. The van der Waals surface area contributed by atoms with Crippen LogP contribution in [0.15, 0.2) is 12.1 Å². The molecule has 0 saturated heterocycles. The van der Waals surface area contributed by atoms with Crippen LogP contribution in [-0.4, -0.2) is 25.0 Å². The summed E-state index contributed by atoms with van der Waals surface area (Å²) in [5.41, 5.74) is 11.4. The van der Waals surface area contributed by atoms with E-state index in [2.05, 4.69) is 51.8 Å². The van der Waals surface area contributed by atoms with Crippen molar-refractivity contribution in [3.8, 4) is 0 Å². The summed E-state index contributed by atoms with van der Waals surface area (Å²) in [6, 6.07) is 4.85. The highest BCUT2D eigenvalue weighted by Crippen LogP contribution is 2.26. The van der Waals surface area contributed by atoms with E-state index in [1.54, 1.807) is 0 Å². The molecular formula is C15H26N2. The summed E-state index contributed by atoms with van der Waals surface area (Å²) >= 11 is 0. The average Bonchev–Trinajstić information content (AvgIpc) is 2.23. The van der Waals surface area contributed by atoms with Crippen molar-refractivity contribution in [1.82, 2.24) is 4.90 Å². The second-order valence-electron chi connectivity index (χ2n) is 5.04. The highest BCUT2D eigenvalue weighted by molar-refractivity contribution is 5.39. The number of hydrogen-bond donors (Lipinski definition) is 1. The molecule has 0 aliphatic heterocycles. The van der Waals surface area contributed by atoms with Gasteiger partial charge in [0.2, 0.25) is 0 Å². The molecule has 0 aromatic heterocycles. The second kappa shape index (κ2) is 6.18. The third-order valence-corrected chi connectivity index (χ3v) is 3.40. The van der Waals surface area contributed by atoms with Crippen LogP contribution in [-0.2, 0) is 0 Å². The van der Waals surface area contributed by atoms with Crippen molar-refractivity contribution < 1.29 is 0 Å². The summed E-state index contributed by atoms with van der Waals surface area (Å²) in [4.78, 5) is 2.37. The number of benzene rings is 1. The van der Waals surface area contributed by atoms with Gasteiger partial charge in [-0.05, 0) is 57.5 Å². The maximum atomic E-state index is 5.97. The van der Waals surface area contributed by atoms with E-state index < -0.39 is 0 Å². The van der Waals surface area contributed by atoms with E-state index >= 15 is 0 Å². The SMILES string of the molecule is CCCN(C)C(CN)c1c(C)cc(C)cc1C. The predicted octanol–water partition coefficient (Wildman–Crippen LogP) is 2.95. The first-order chi connectivity index (χ1) is 8.01. The van der Waals surface area contributed by atoms with E-state index in [1.807, 2.05) is 0 Å². The Labute approximate surface area is 106 Å². The van der Waals surface area contributed by atoms with E-state index in [0.29, 0.717) is 12.6 Å². The van der Waals surface area contributed by atoms with Gasteiger partial charge in [-0.2, -0.15) is 0 Å². The lowest BCUT2D eigenvalue weighted by Gasteiger charge is -2.29. The molecule has 0 spiro atoms. The Bertz CT molecular complexity index is 348. The van der Waals surface area contributed by atoms with Gasteiger partial charge in [-0.25, -0.2) is 0 Å². The maximum absolute atomic E-state index is 5.97. The molecule has 96 valence electrons. The fourth-order valence-corrected chi connectivity index (χ4v) is 2.74. The fourth-order valence-electron chi connectivity index (χ4n) is 2.74. The molecule has 2 heteroatoms. The molecule has 2 N–H and O–H groups in total. The van der Waals surface area contributed by atoms with Crippen LogP contribution in [0.1, 0.15) is 41.6 Å². The summed E-state index contributed by atoms with van der Waals surface area (Å²) in [6.07, 6.45) is 1.16. The number of hydrogen-bond acceptors (Lipinski definition) is 2. The van der Waals surface area contributed by atoms with Crippen LogP contribution in [0.3, 0.4) is 0 Å². The van der Waals surface area contributed by atoms with Gasteiger partial charge in [0.1, 0.15) is 0 Å². The molecule has 1 rings (SSSR count). The number of aryl methyl sites for hydroxylation is 3. The Morgan fingerprint density at radius 3 is 2.12 bits per heavy atom. The molecule has 0 radical (unpaired) electrons. The molecule has 2 nitrogen and oxygen atoms in total. The Hall–Kier alpha value is -0.860. The molecule has 0 saturated carbocycles. The number of rotatable bonds is 5. The first-order valence-electron chi connectivity index (χ1n) is 6.49. The quantitative estimate of drug-likeness (QED) is 0.848. The van der Waals surface area contributed by atoms with Crippen LogP contribution in [0.5, 0.6) is 0 Å². The van der Waals surface area contributed by atoms with Gasteiger partial charge in [-0.3, -0.25) is 4.90 Å². The molecular weight excluding hydrogens is 208 g/mol. The lowest BCUT2D eigenvalue weighted by Crippen LogP contribution is -2.32. The van der Waals surface area contributed by atoms with Crippen molar-refractivity contribution in [3.63, 3.8) is 0 Å². The Morgan fingerprint density at radius 2 is 1.71 bits per heavy atom. The standard InChI is InChI=1S/C15H26N2/c1-6-7-17(5)14(10-16)15-12(3)8-11(2)9-13(15)4/h8-9,14H,6-7,10,16H2,1-5H3. The van der Waals surface area contributed by atoms with E-state index in [1.165, 1.54) is 22.3 Å². The van der Waals surface area contributed by atoms with Crippen molar-refractivity contribution in [2.45, 2.75) is 40.2 Å². The van der Waals surface area contributed by atoms with Crippen LogP contribution < -0.4 is 5.73 Å². The van der Waals surface area contributed by atoms with Crippen molar-refractivity contribution in [2.75, 3.05) is 20.1 Å². The summed E-state index contributed by atoms with van der Waals surface area (Å²) in [5, 5.41) is 0. The topological polar surface area (TPSA) is 29.3 Å². The first kappa shape index (κ1) is 14.2. The van der Waals surface area contributed by atoms with E-state index in [0.717, 1.165) is 13.0 Å². The van der Waals surface area contributed by atoms with Crippen molar-refractivity contribution >= 4 is 0 Å². The zero-order valence-electron chi connectivity index (χ0n) is 11.9. The smallest absolute Gasteiger partial charge is 0.0472 e. The van der Waals surface area contributed by atoms with E-state index in [-0.39, 0.29) is 0 Å². The lowest BCUT2D eigenvalue weighted by molar-refractivity contribution is 0.249. The number of nitrogens with zero attached hydrogens (tertiary/aromatic N) is 1. The van der Waals surface area contributed by atoms with Crippen molar-refractivity contribution in [2.24, 2.45) is 5.73 Å². The number of nitrogens with two attached hydrogens (primary N) is 1. The van der Waals surface area contributed by atoms with E-state index in [4.69, 9.17) is 5.73 Å². The molecule has 0 fully saturated rings.